The van der Waals surface area contributed by atoms with Gasteiger partial charge in [-0.3, -0.25) is 9.93 Å². The largest absolute Gasteiger partial charge is 0.326 e. The topological polar surface area (TPSA) is 55.1 Å². The van der Waals surface area contributed by atoms with Gasteiger partial charge >= 0.3 is 0 Å². The van der Waals surface area contributed by atoms with Crippen molar-refractivity contribution >= 4 is 23.5 Å². The van der Waals surface area contributed by atoms with Gasteiger partial charge in [-0.1, -0.05) is 6.07 Å². The fourth-order valence-corrected chi connectivity index (χ4v) is 2.64. The summed E-state index contributed by atoms with van der Waals surface area (Å²) in [6.45, 7) is 0. The number of carbonyl (C=O) groups is 1. The fraction of sp³-hybridized carbons (Fsp3) is 0.462. The van der Waals surface area contributed by atoms with Gasteiger partial charge in [0.2, 0.25) is 11.8 Å². The predicted octanol–water partition coefficient (Wildman–Crippen LogP) is 3.42. The number of nitrogens with one attached hydrogen (secondary N) is 1. The smallest absolute Gasteiger partial charge is 0.248 e. The van der Waals surface area contributed by atoms with E-state index in [0.717, 1.165) is 16.8 Å². The van der Waals surface area contributed by atoms with Gasteiger partial charge in [0.25, 0.3) is 0 Å². The Kier molecular flexibility index (Phi) is 4.42. The standard InChI is InChI=1S/C13H16F2N2OS/c14-13(15)6-2-3-9(8-13)12(18)17-10-4-1-5-11(7-10)19-16/h1,4-5,7,9H,2-3,6,8,16H2,(H,17,18). The molecule has 1 fully saturated rings. The minimum Gasteiger partial charge on any atom is -0.326 e. The number of amides is 1. The van der Waals surface area contributed by atoms with Crippen LogP contribution in [0.3, 0.4) is 0 Å². The SMILES string of the molecule is NSc1cccc(NC(=O)C2CCCC(F)(F)C2)c1. The number of anilines is 1. The summed E-state index contributed by atoms with van der Waals surface area (Å²) in [5, 5.41) is 8.12. The quantitative estimate of drug-likeness (QED) is 0.837. The number of nitrogens with two attached hydrogens (primary N) is 1. The van der Waals surface area contributed by atoms with E-state index in [1.54, 1.807) is 18.2 Å². The first-order chi connectivity index (χ1) is 9.00. The lowest BCUT2D eigenvalue weighted by Gasteiger charge is -2.28. The van der Waals surface area contributed by atoms with E-state index in [0.29, 0.717) is 18.5 Å². The third-order valence-electron chi connectivity index (χ3n) is 3.25. The van der Waals surface area contributed by atoms with Crippen LogP contribution >= 0.6 is 11.9 Å². The summed E-state index contributed by atoms with van der Waals surface area (Å²) in [5.74, 6) is -3.66. The second kappa shape index (κ2) is 5.88. The number of alkyl halides is 2. The Morgan fingerprint density at radius 3 is 2.95 bits per heavy atom. The highest BCUT2D eigenvalue weighted by molar-refractivity contribution is 7.97. The highest BCUT2D eigenvalue weighted by Gasteiger charge is 2.39. The zero-order valence-electron chi connectivity index (χ0n) is 10.4. The molecule has 0 aromatic heterocycles. The van der Waals surface area contributed by atoms with Crippen LogP contribution in [0.2, 0.25) is 0 Å². The lowest BCUT2D eigenvalue weighted by Crippen LogP contribution is -2.33. The van der Waals surface area contributed by atoms with Gasteiger partial charge in [-0.25, -0.2) is 8.78 Å². The molecule has 1 amide bonds. The first kappa shape index (κ1) is 14.3. The molecule has 1 unspecified atom stereocenters. The van der Waals surface area contributed by atoms with Gasteiger partial charge in [0.1, 0.15) is 0 Å². The molecular weight excluding hydrogens is 270 g/mol. The van der Waals surface area contributed by atoms with Crippen molar-refractivity contribution < 1.29 is 13.6 Å². The average molecular weight is 286 g/mol. The van der Waals surface area contributed by atoms with Crippen LogP contribution in [0.25, 0.3) is 0 Å². The normalized spacial score (nSPS) is 21.9. The van der Waals surface area contributed by atoms with E-state index in [-0.39, 0.29) is 18.7 Å². The van der Waals surface area contributed by atoms with Crippen LogP contribution in [0.1, 0.15) is 25.7 Å². The van der Waals surface area contributed by atoms with Crippen LogP contribution in [-0.2, 0) is 4.79 Å². The van der Waals surface area contributed by atoms with Crippen molar-refractivity contribution in [1.29, 1.82) is 0 Å². The lowest BCUT2D eigenvalue weighted by molar-refractivity contribution is -0.127. The minimum atomic E-state index is -2.71. The van der Waals surface area contributed by atoms with Crippen molar-refractivity contribution in [1.82, 2.24) is 0 Å². The second-order valence-electron chi connectivity index (χ2n) is 4.78. The average Bonchev–Trinajstić information content (AvgIpc) is 2.37. The minimum absolute atomic E-state index is 0.115. The van der Waals surface area contributed by atoms with Crippen LogP contribution in [0, 0.1) is 5.92 Å². The van der Waals surface area contributed by atoms with Crippen LogP contribution in [0.4, 0.5) is 14.5 Å². The zero-order valence-corrected chi connectivity index (χ0v) is 11.2. The second-order valence-corrected chi connectivity index (χ2v) is 5.49. The molecule has 0 aliphatic heterocycles. The Morgan fingerprint density at radius 2 is 2.26 bits per heavy atom. The number of carbonyl (C=O) groups excluding carboxylic acids is 1. The molecule has 1 aliphatic carbocycles. The summed E-state index contributed by atoms with van der Waals surface area (Å²) in [7, 11) is 0. The predicted molar refractivity (Wildman–Crippen MR) is 72.0 cm³/mol. The number of benzene rings is 1. The van der Waals surface area contributed by atoms with Crippen molar-refractivity contribution in [3.63, 3.8) is 0 Å². The maximum absolute atomic E-state index is 13.3. The molecule has 1 aromatic rings. The van der Waals surface area contributed by atoms with E-state index in [9.17, 15) is 13.6 Å². The molecule has 104 valence electrons. The molecule has 0 spiro atoms. The maximum atomic E-state index is 13.3. The molecule has 1 aromatic carbocycles. The van der Waals surface area contributed by atoms with Crippen molar-refractivity contribution in [2.75, 3.05) is 5.32 Å². The van der Waals surface area contributed by atoms with Gasteiger partial charge in [-0.15, -0.1) is 0 Å². The molecule has 19 heavy (non-hydrogen) atoms. The highest BCUT2D eigenvalue weighted by Crippen LogP contribution is 2.37. The summed E-state index contributed by atoms with van der Waals surface area (Å²) >= 11 is 1.07. The first-order valence-corrected chi connectivity index (χ1v) is 7.04. The van der Waals surface area contributed by atoms with Gasteiger partial charge < -0.3 is 5.32 Å². The van der Waals surface area contributed by atoms with E-state index in [2.05, 4.69) is 5.32 Å². The van der Waals surface area contributed by atoms with Gasteiger partial charge in [0.15, 0.2) is 0 Å². The zero-order chi connectivity index (χ0) is 13.9. The van der Waals surface area contributed by atoms with E-state index >= 15 is 0 Å². The Labute approximate surface area is 115 Å². The fourth-order valence-electron chi connectivity index (χ4n) is 2.29. The van der Waals surface area contributed by atoms with E-state index in [1.165, 1.54) is 0 Å². The van der Waals surface area contributed by atoms with E-state index < -0.39 is 11.8 Å². The Bertz CT molecular complexity index is 468. The summed E-state index contributed by atoms with van der Waals surface area (Å²) in [4.78, 5) is 12.8. The van der Waals surface area contributed by atoms with Crippen LogP contribution in [-0.4, -0.2) is 11.8 Å². The summed E-state index contributed by atoms with van der Waals surface area (Å²) in [5.41, 5.74) is 0.592. The van der Waals surface area contributed by atoms with Crippen LogP contribution in [0.15, 0.2) is 29.2 Å². The number of halogens is 2. The van der Waals surface area contributed by atoms with E-state index in [4.69, 9.17) is 5.14 Å². The van der Waals surface area contributed by atoms with Crippen molar-refractivity contribution in [3.05, 3.63) is 24.3 Å². The van der Waals surface area contributed by atoms with E-state index in [1.807, 2.05) is 6.07 Å². The maximum Gasteiger partial charge on any atom is 0.248 e. The Morgan fingerprint density at radius 1 is 1.47 bits per heavy atom. The van der Waals surface area contributed by atoms with Gasteiger partial charge in [-0.05, 0) is 43.0 Å². The molecule has 0 bridgehead atoms. The summed E-state index contributed by atoms with van der Waals surface area (Å²) in [6, 6.07) is 7.03. The lowest BCUT2D eigenvalue weighted by atomic mass is 9.86. The van der Waals surface area contributed by atoms with Gasteiger partial charge in [0, 0.05) is 29.3 Å². The van der Waals surface area contributed by atoms with Crippen molar-refractivity contribution in [2.24, 2.45) is 11.1 Å². The summed E-state index contributed by atoms with van der Waals surface area (Å²) in [6.07, 6.45) is 0.441. The number of hydrogen-bond acceptors (Lipinski definition) is 3. The van der Waals surface area contributed by atoms with Crippen LogP contribution in [0.5, 0.6) is 0 Å². The number of rotatable bonds is 3. The Hall–Kier alpha value is -1.14. The van der Waals surface area contributed by atoms with Gasteiger partial charge in [-0.2, -0.15) is 0 Å². The first-order valence-electron chi connectivity index (χ1n) is 6.16. The molecule has 1 atom stereocenters. The third-order valence-corrected chi connectivity index (χ3v) is 3.77. The third kappa shape index (κ3) is 3.91. The molecule has 0 saturated heterocycles. The molecule has 2 rings (SSSR count). The molecular formula is C13H16F2N2OS. The molecule has 3 nitrogen and oxygen atoms in total. The Balaban J connectivity index is 2.00. The van der Waals surface area contributed by atoms with Crippen molar-refractivity contribution in [3.8, 4) is 0 Å². The molecule has 0 radical (unpaired) electrons. The number of hydrogen-bond donors (Lipinski definition) is 2. The van der Waals surface area contributed by atoms with Gasteiger partial charge in [0.05, 0.1) is 0 Å². The monoisotopic (exact) mass is 286 g/mol. The van der Waals surface area contributed by atoms with Crippen molar-refractivity contribution in [2.45, 2.75) is 36.5 Å². The molecule has 1 aliphatic rings. The molecule has 6 heteroatoms. The highest BCUT2D eigenvalue weighted by atomic mass is 32.2. The molecule has 3 N–H and O–H groups in total. The van der Waals surface area contributed by atoms with Crippen LogP contribution < -0.4 is 10.5 Å². The summed E-state index contributed by atoms with van der Waals surface area (Å²) < 4.78 is 26.5. The molecule has 1 saturated carbocycles. The molecule has 0 heterocycles.